The van der Waals surface area contributed by atoms with Gasteiger partial charge in [-0.05, 0) is 18.1 Å². The highest BCUT2D eigenvalue weighted by Gasteiger charge is 2.30. The number of rotatable bonds is 9. The van der Waals surface area contributed by atoms with Gasteiger partial charge in [-0.15, -0.1) is 0 Å². The summed E-state index contributed by atoms with van der Waals surface area (Å²) in [5.74, 6) is -3.70. The van der Waals surface area contributed by atoms with Crippen LogP contribution in [0.5, 0.6) is 0 Å². The van der Waals surface area contributed by atoms with E-state index in [0.29, 0.717) is 0 Å². The molecule has 9 heteroatoms. The first-order valence-corrected chi connectivity index (χ1v) is 8.66. The van der Waals surface area contributed by atoms with Crippen molar-refractivity contribution in [2.24, 2.45) is 5.92 Å². The minimum atomic E-state index is -1.14. The number of methoxy groups -OCH3 is 2. The fourth-order valence-corrected chi connectivity index (χ4v) is 2.62. The monoisotopic (exact) mass is 396 g/mol. The number of halogens is 1. The second kappa shape index (κ2) is 11.0. The second-order valence-corrected chi connectivity index (χ2v) is 6.29. The molecule has 0 aliphatic rings. The highest BCUT2D eigenvalue weighted by molar-refractivity contribution is 5.90. The van der Waals surface area contributed by atoms with Crippen LogP contribution in [0, 0.1) is 11.7 Å². The quantitative estimate of drug-likeness (QED) is 0.596. The fourth-order valence-electron chi connectivity index (χ4n) is 2.62. The average Bonchev–Trinajstić information content (AvgIpc) is 2.66. The minimum absolute atomic E-state index is 0.0580. The maximum Gasteiger partial charge on any atom is 0.328 e. The second-order valence-electron chi connectivity index (χ2n) is 6.29. The van der Waals surface area contributed by atoms with Gasteiger partial charge in [0.25, 0.3) is 0 Å². The molecule has 0 bridgehead atoms. The number of benzene rings is 1. The first-order chi connectivity index (χ1) is 13.2. The normalized spacial score (nSPS) is 13.6. The van der Waals surface area contributed by atoms with E-state index in [1.54, 1.807) is 13.0 Å². The molecule has 0 saturated heterocycles. The van der Waals surface area contributed by atoms with Crippen LogP contribution >= 0.6 is 0 Å². The first kappa shape index (κ1) is 23.1. The zero-order valence-corrected chi connectivity index (χ0v) is 16.3. The molecule has 0 aliphatic heterocycles. The van der Waals surface area contributed by atoms with Crippen LogP contribution in [0.1, 0.15) is 25.8 Å². The summed E-state index contributed by atoms with van der Waals surface area (Å²) in [4.78, 5) is 47.8. The van der Waals surface area contributed by atoms with Gasteiger partial charge < -0.3 is 20.1 Å². The van der Waals surface area contributed by atoms with Crippen molar-refractivity contribution in [1.29, 1.82) is 0 Å². The molecular weight excluding hydrogens is 371 g/mol. The molecule has 154 valence electrons. The third kappa shape index (κ3) is 6.98. The number of nitrogens with one attached hydrogen (secondary N) is 2. The van der Waals surface area contributed by atoms with Crippen molar-refractivity contribution in [3.63, 3.8) is 0 Å². The van der Waals surface area contributed by atoms with Gasteiger partial charge in [-0.1, -0.05) is 25.1 Å². The summed E-state index contributed by atoms with van der Waals surface area (Å²) in [6.07, 6.45) is -0.171. The molecule has 1 aromatic carbocycles. The smallest absolute Gasteiger partial charge is 0.328 e. The molecule has 1 rings (SSSR count). The van der Waals surface area contributed by atoms with Gasteiger partial charge in [0.15, 0.2) is 0 Å². The molecule has 3 atom stereocenters. The molecule has 0 fully saturated rings. The van der Waals surface area contributed by atoms with Gasteiger partial charge in [-0.3, -0.25) is 14.4 Å². The topological polar surface area (TPSA) is 111 Å². The van der Waals surface area contributed by atoms with Gasteiger partial charge in [0.05, 0.1) is 20.1 Å². The Morgan fingerprint density at radius 1 is 1.00 bits per heavy atom. The maximum atomic E-state index is 13.9. The van der Waals surface area contributed by atoms with Gasteiger partial charge in [-0.25, -0.2) is 9.18 Å². The van der Waals surface area contributed by atoms with Crippen molar-refractivity contribution in [1.82, 2.24) is 10.6 Å². The van der Waals surface area contributed by atoms with Crippen molar-refractivity contribution >= 4 is 23.8 Å². The number of ether oxygens (including phenoxy) is 2. The molecule has 28 heavy (non-hydrogen) atoms. The number of hydrogen-bond acceptors (Lipinski definition) is 6. The van der Waals surface area contributed by atoms with Crippen molar-refractivity contribution < 1.29 is 33.0 Å². The van der Waals surface area contributed by atoms with E-state index < -0.39 is 47.6 Å². The van der Waals surface area contributed by atoms with E-state index in [1.165, 1.54) is 32.2 Å². The lowest BCUT2D eigenvalue weighted by Crippen LogP contribution is -2.53. The number of amides is 2. The van der Waals surface area contributed by atoms with E-state index in [1.807, 2.05) is 0 Å². The highest BCUT2D eigenvalue weighted by atomic mass is 19.1. The fraction of sp³-hybridized carbons (Fsp3) is 0.474. The minimum Gasteiger partial charge on any atom is -0.469 e. The lowest BCUT2D eigenvalue weighted by atomic mass is 10.00. The van der Waals surface area contributed by atoms with Crippen molar-refractivity contribution in [2.45, 2.75) is 38.8 Å². The van der Waals surface area contributed by atoms with Gasteiger partial charge in [0.1, 0.15) is 17.9 Å². The molecule has 0 heterocycles. The van der Waals surface area contributed by atoms with Gasteiger partial charge >= 0.3 is 11.9 Å². The summed E-state index contributed by atoms with van der Waals surface area (Å²) in [5, 5.41) is 4.91. The lowest BCUT2D eigenvalue weighted by molar-refractivity contribution is -0.149. The third-order valence-corrected chi connectivity index (χ3v) is 4.07. The SMILES string of the molecule is COC(=O)[C@@H](C)C[C@@H](NC(=O)[C@H](Cc1ccccc1F)NC(C)=O)C(=O)OC. The van der Waals surface area contributed by atoms with Gasteiger partial charge in [-0.2, -0.15) is 0 Å². The average molecular weight is 396 g/mol. The lowest BCUT2D eigenvalue weighted by Gasteiger charge is -2.23. The Hall–Kier alpha value is -2.97. The van der Waals surface area contributed by atoms with Crippen molar-refractivity contribution in [3.8, 4) is 0 Å². The Labute approximate surface area is 162 Å². The van der Waals surface area contributed by atoms with Crippen LogP contribution in [-0.4, -0.2) is 50.1 Å². The standard InChI is InChI=1S/C19H25FN2O6/c1-11(18(25)27-3)9-16(19(26)28-4)22-17(24)15(21-12(2)23)10-13-7-5-6-8-14(13)20/h5-8,11,15-16H,9-10H2,1-4H3,(H,21,23)(H,22,24)/t11-,15-,16+/m0/s1. The van der Waals surface area contributed by atoms with E-state index in [-0.39, 0.29) is 18.4 Å². The molecule has 0 radical (unpaired) electrons. The van der Waals surface area contributed by atoms with Crippen molar-refractivity contribution in [3.05, 3.63) is 35.6 Å². The van der Waals surface area contributed by atoms with Crippen LogP contribution in [0.25, 0.3) is 0 Å². The Morgan fingerprint density at radius 2 is 1.61 bits per heavy atom. The Balaban J connectivity index is 2.97. The molecule has 2 N–H and O–H groups in total. The molecule has 0 unspecified atom stereocenters. The summed E-state index contributed by atoms with van der Waals surface area (Å²) < 4.78 is 23.2. The summed E-state index contributed by atoms with van der Waals surface area (Å²) in [7, 11) is 2.36. The van der Waals surface area contributed by atoms with E-state index in [4.69, 9.17) is 0 Å². The van der Waals surface area contributed by atoms with E-state index in [0.717, 1.165) is 7.11 Å². The number of carbonyl (C=O) groups excluding carboxylic acids is 4. The van der Waals surface area contributed by atoms with E-state index in [9.17, 15) is 23.6 Å². The molecular formula is C19H25FN2O6. The van der Waals surface area contributed by atoms with Crippen LogP contribution in [0.3, 0.4) is 0 Å². The maximum absolute atomic E-state index is 13.9. The molecule has 0 spiro atoms. The van der Waals surface area contributed by atoms with Crippen LogP contribution in [-0.2, 0) is 35.1 Å². The Kier molecular flexibility index (Phi) is 9.07. The van der Waals surface area contributed by atoms with E-state index >= 15 is 0 Å². The zero-order chi connectivity index (χ0) is 21.3. The zero-order valence-electron chi connectivity index (χ0n) is 16.3. The molecule has 0 aromatic heterocycles. The highest BCUT2D eigenvalue weighted by Crippen LogP contribution is 2.12. The Bertz CT molecular complexity index is 724. The largest absolute Gasteiger partial charge is 0.469 e. The predicted molar refractivity (Wildman–Crippen MR) is 97.5 cm³/mol. The third-order valence-electron chi connectivity index (χ3n) is 4.07. The van der Waals surface area contributed by atoms with Crippen LogP contribution in [0.15, 0.2) is 24.3 Å². The molecule has 8 nitrogen and oxygen atoms in total. The summed E-state index contributed by atoms with van der Waals surface area (Å²) in [6, 6.07) is 3.60. The molecule has 0 aliphatic carbocycles. The predicted octanol–water partition coefficient (Wildman–Crippen LogP) is 0.730. The van der Waals surface area contributed by atoms with Crippen molar-refractivity contribution in [2.75, 3.05) is 14.2 Å². The molecule has 0 saturated carbocycles. The van der Waals surface area contributed by atoms with E-state index in [2.05, 4.69) is 20.1 Å². The molecule has 1 aromatic rings. The number of esters is 2. The first-order valence-electron chi connectivity index (χ1n) is 8.66. The Morgan fingerprint density at radius 3 is 2.14 bits per heavy atom. The van der Waals surface area contributed by atoms with Crippen LogP contribution < -0.4 is 10.6 Å². The van der Waals surface area contributed by atoms with Gasteiger partial charge in [0.2, 0.25) is 11.8 Å². The molecule has 2 amide bonds. The summed E-state index contributed by atoms with van der Waals surface area (Å²) in [5.41, 5.74) is 0.231. The van der Waals surface area contributed by atoms with Crippen LogP contribution in [0.2, 0.25) is 0 Å². The summed E-state index contributed by atoms with van der Waals surface area (Å²) in [6.45, 7) is 2.76. The number of carbonyl (C=O) groups is 4. The number of hydrogen-bond donors (Lipinski definition) is 2. The summed E-state index contributed by atoms with van der Waals surface area (Å²) >= 11 is 0. The van der Waals surface area contributed by atoms with Gasteiger partial charge in [0, 0.05) is 13.3 Å². The van der Waals surface area contributed by atoms with Crippen LogP contribution in [0.4, 0.5) is 4.39 Å².